The standard InChI is InChI=1S/C12H9N3/c13-8-10-2-1-3-11(12(10)14)9-4-6-15-7-5-9/h1-7H,14H2. The number of rotatable bonds is 1. The van der Waals surface area contributed by atoms with Gasteiger partial charge < -0.3 is 5.73 Å². The molecular formula is C12H9N3. The number of hydrogen-bond donors (Lipinski definition) is 1. The smallest absolute Gasteiger partial charge is 0.101 e. The largest absolute Gasteiger partial charge is 0.397 e. The number of nitriles is 1. The molecule has 2 rings (SSSR count). The van der Waals surface area contributed by atoms with Crippen LogP contribution in [0.1, 0.15) is 5.56 Å². The molecule has 2 N–H and O–H groups in total. The number of nitrogens with two attached hydrogens (primary N) is 1. The molecule has 1 aromatic carbocycles. The van der Waals surface area contributed by atoms with E-state index >= 15 is 0 Å². The number of para-hydroxylation sites is 1. The van der Waals surface area contributed by atoms with Crippen LogP contribution in [0.5, 0.6) is 0 Å². The molecule has 0 fully saturated rings. The van der Waals surface area contributed by atoms with Gasteiger partial charge in [0.2, 0.25) is 0 Å². The van der Waals surface area contributed by atoms with Crippen LogP contribution < -0.4 is 5.73 Å². The minimum absolute atomic E-state index is 0.504. The zero-order chi connectivity index (χ0) is 10.7. The van der Waals surface area contributed by atoms with Crippen LogP contribution in [0.2, 0.25) is 0 Å². The normalized spacial score (nSPS) is 9.53. The van der Waals surface area contributed by atoms with Gasteiger partial charge in [-0.15, -0.1) is 0 Å². The maximum Gasteiger partial charge on any atom is 0.101 e. The first-order valence-electron chi connectivity index (χ1n) is 4.52. The van der Waals surface area contributed by atoms with E-state index in [1.54, 1.807) is 18.5 Å². The van der Waals surface area contributed by atoms with Crippen molar-refractivity contribution in [1.29, 1.82) is 5.26 Å². The van der Waals surface area contributed by atoms with Crippen molar-refractivity contribution in [3.05, 3.63) is 48.3 Å². The summed E-state index contributed by atoms with van der Waals surface area (Å²) in [6.45, 7) is 0. The first kappa shape index (κ1) is 9.22. The molecule has 3 nitrogen and oxygen atoms in total. The van der Waals surface area contributed by atoms with Crippen LogP contribution in [0, 0.1) is 11.3 Å². The summed E-state index contributed by atoms with van der Waals surface area (Å²) in [4.78, 5) is 3.94. The van der Waals surface area contributed by atoms with Crippen LogP contribution in [-0.2, 0) is 0 Å². The molecule has 3 heteroatoms. The molecule has 0 radical (unpaired) electrons. The highest BCUT2D eigenvalue weighted by atomic mass is 14.6. The molecule has 0 unspecified atom stereocenters. The van der Waals surface area contributed by atoms with Crippen molar-refractivity contribution in [3.63, 3.8) is 0 Å². The summed E-state index contributed by atoms with van der Waals surface area (Å²) in [6, 6.07) is 11.2. The molecular weight excluding hydrogens is 186 g/mol. The highest BCUT2D eigenvalue weighted by Gasteiger charge is 2.05. The zero-order valence-electron chi connectivity index (χ0n) is 8.01. The van der Waals surface area contributed by atoms with E-state index in [-0.39, 0.29) is 0 Å². The number of nitrogen functional groups attached to an aromatic ring is 1. The van der Waals surface area contributed by atoms with Crippen LogP contribution in [0.25, 0.3) is 11.1 Å². The van der Waals surface area contributed by atoms with Gasteiger partial charge in [0, 0.05) is 18.0 Å². The number of hydrogen-bond acceptors (Lipinski definition) is 3. The lowest BCUT2D eigenvalue weighted by Gasteiger charge is -2.06. The van der Waals surface area contributed by atoms with E-state index in [2.05, 4.69) is 11.1 Å². The van der Waals surface area contributed by atoms with Crippen LogP contribution in [0.3, 0.4) is 0 Å². The van der Waals surface area contributed by atoms with Gasteiger partial charge in [-0.05, 0) is 23.8 Å². The van der Waals surface area contributed by atoms with Crippen LogP contribution in [0.4, 0.5) is 5.69 Å². The van der Waals surface area contributed by atoms with E-state index in [4.69, 9.17) is 11.0 Å². The second kappa shape index (κ2) is 3.81. The van der Waals surface area contributed by atoms with Crippen LogP contribution in [0.15, 0.2) is 42.7 Å². The Morgan fingerprint density at radius 1 is 1.13 bits per heavy atom. The first-order chi connectivity index (χ1) is 7.33. The van der Waals surface area contributed by atoms with Crippen molar-refractivity contribution < 1.29 is 0 Å². The van der Waals surface area contributed by atoms with E-state index in [0.717, 1.165) is 11.1 Å². The SMILES string of the molecule is N#Cc1cccc(-c2ccncc2)c1N. The maximum absolute atomic E-state index is 8.85. The maximum atomic E-state index is 8.85. The molecule has 15 heavy (non-hydrogen) atoms. The van der Waals surface area contributed by atoms with Crippen LogP contribution in [-0.4, -0.2) is 4.98 Å². The Kier molecular flexibility index (Phi) is 2.34. The molecule has 1 heterocycles. The molecule has 0 spiro atoms. The van der Waals surface area contributed by atoms with Gasteiger partial charge in [-0.25, -0.2) is 0 Å². The molecule has 1 aromatic heterocycles. The van der Waals surface area contributed by atoms with Gasteiger partial charge in [-0.1, -0.05) is 12.1 Å². The molecule has 0 aliphatic carbocycles. The summed E-state index contributed by atoms with van der Waals surface area (Å²) in [6.07, 6.45) is 3.40. The highest BCUT2D eigenvalue weighted by molar-refractivity contribution is 5.79. The van der Waals surface area contributed by atoms with Crippen molar-refractivity contribution in [2.45, 2.75) is 0 Å². The van der Waals surface area contributed by atoms with Gasteiger partial charge in [-0.2, -0.15) is 5.26 Å². The van der Waals surface area contributed by atoms with Gasteiger partial charge in [-0.3, -0.25) is 4.98 Å². The molecule has 0 saturated carbocycles. The second-order valence-electron chi connectivity index (χ2n) is 3.11. The van der Waals surface area contributed by atoms with E-state index in [9.17, 15) is 0 Å². The average Bonchev–Trinajstić information content (AvgIpc) is 2.30. The molecule has 72 valence electrons. The fourth-order valence-electron chi connectivity index (χ4n) is 1.45. The van der Waals surface area contributed by atoms with Gasteiger partial charge in [0.05, 0.1) is 11.3 Å². The molecule has 0 saturated heterocycles. The number of nitrogens with zero attached hydrogens (tertiary/aromatic N) is 2. The second-order valence-corrected chi connectivity index (χ2v) is 3.11. The Balaban J connectivity index is 2.61. The Bertz CT molecular complexity index is 512. The lowest BCUT2D eigenvalue weighted by Crippen LogP contribution is -1.93. The fraction of sp³-hybridized carbons (Fsp3) is 0. The van der Waals surface area contributed by atoms with Crippen molar-refractivity contribution in [2.24, 2.45) is 0 Å². The number of aromatic nitrogens is 1. The van der Waals surface area contributed by atoms with E-state index < -0.39 is 0 Å². The summed E-state index contributed by atoms with van der Waals surface area (Å²) < 4.78 is 0. The summed E-state index contributed by atoms with van der Waals surface area (Å²) in [7, 11) is 0. The summed E-state index contributed by atoms with van der Waals surface area (Å²) in [5.41, 5.74) is 8.75. The Morgan fingerprint density at radius 2 is 1.87 bits per heavy atom. The van der Waals surface area contributed by atoms with Crippen molar-refractivity contribution in [3.8, 4) is 17.2 Å². The van der Waals surface area contributed by atoms with E-state index in [1.807, 2.05) is 24.3 Å². The van der Waals surface area contributed by atoms with Gasteiger partial charge in [0.25, 0.3) is 0 Å². The monoisotopic (exact) mass is 195 g/mol. The van der Waals surface area contributed by atoms with E-state index in [0.29, 0.717) is 11.3 Å². The van der Waals surface area contributed by atoms with Crippen molar-refractivity contribution in [2.75, 3.05) is 5.73 Å². The van der Waals surface area contributed by atoms with Crippen LogP contribution >= 0.6 is 0 Å². The molecule has 0 amide bonds. The lowest BCUT2D eigenvalue weighted by molar-refractivity contribution is 1.33. The Hall–Kier alpha value is -2.34. The Labute approximate surface area is 87.8 Å². The predicted octanol–water partition coefficient (Wildman–Crippen LogP) is 2.20. The first-order valence-corrected chi connectivity index (χ1v) is 4.52. The topological polar surface area (TPSA) is 62.7 Å². The fourth-order valence-corrected chi connectivity index (χ4v) is 1.45. The Morgan fingerprint density at radius 3 is 2.53 bits per heavy atom. The lowest BCUT2D eigenvalue weighted by atomic mass is 10.0. The number of anilines is 1. The zero-order valence-corrected chi connectivity index (χ0v) is 8.01. The minimum Gasteiger partial charge on any atom is -0.397 e. The quantitative estimate of drug-likeness (QED) is 0.709. The molecule has 0 atom stereocenters. The third kappa shape index (κ3) is 1.65. The van der Waals surface area contributed by atoms with Crippen molar-refractivity contribution in [1.82, 2.24) is 4.98 Å². The highest BCUT2D eigenvalue weighted by Crippen LogP contribution is 2.27. The predicted molar refractivity (Wildman–Crippen MR) is 58.8 cm³/mol. The third-order valence-corrected chi connectivity index (χ3v) is 2.22. The summed E-state index contributed by atoms with van der Waals surface area (Å²) >= 11 is 0. The molecule has 0 bridgehead atoms. The summed E-state index contributed by atoms with van der Waals surface area (Å²) in [5, 5.41) is 8.85. The van der Waals surface area contributed by atoms with Crippen molar-refractivity contribution >= 4 is 5.69 Å². The molecule has 2 aromatic rings. The van der Waals surface area contributed by atoms with Gasteiger partial charge in [0.15, 0.2) is 0 Å². The number of benzene rings is 1. The molecule has 0 aliphatic heterocycles. The minimum atomic E-state index is 0.504. The van der Waals surface area contributed by atoms with Gasteiger partial charge in [0.1, 0.15) is 6.07 Å². The molecule has 0 aliphatic rings. The van der Waals surface area contributed by atoms with Gasteiger partial charge >= 0.3 is 0 Å². The average molecular weight is 195 g/mol. The van der Waals surface area contributed by atoms with E-state index in [1.165, 1.54) is 0 Å². The number of pyridine rings is 1. The third-order valence-electron chi connectivity index (χ3n) is 2.22. The summed E-state index contributed by atoms with van der Waals surface area (Å²) in [5.74, 6) is 0.